The number of fused-ring (bicyclic) bond motifs is 1. The van der Waals surface area contributed by atoms with Crippen molar-refractivity contribution in [2.24, 2.45) is 0 Å². The van der Waals surface area contributed by atoms with Crippen LogP contribution >= 0.6 is 0 Å². The number of hydrogen-bond donors (Lipinski definition) is 2. The largest absolute Gasteiger partial charge is 0.342 e. The second-order valence-electron chi connectivity index (χ2n) is 5.17. The van der Waals surface area contributed by atoms with Crippen molar-refractivity contribution in [3.8, 4) is 11.5 Å². The van der Waals surface area contributed by atoms with Gasteiger partial charge in [-0.2, -0.15) is 0 Å². The zero-order valence-corrected chi connectivity index (χ0v) is 12.3. The fourth-order valence-corrected chi connectivity index (χ4v) is 2.39. The Morgan fingerprint density at radius 1 is 1.30 bits per heavy atom. The highest BCUT2D eigenvalue weighted by Gasteiger charge is 2.14. The summed E-state index contributed by atoms with van der Waals surface area (Å²) in [7, 11) is 0. The number of rotatable bonds is 3. The van der Waals surface area contributed by atoms with Gasteiger partial charge < -0.3 is 9.84 Å². The summed E-state index contributed by atoms with van der Waals surface area (Å²) in [5.74, 6) is 0.272. The van der Waals surface area contributed by atoms with E-state index in [0.29, 0.717) is 17.3 Å². The number of hydrogen-bond acceptors (Lipinski definition) is 4. The molecule has 23 heavy (non-hydrogen) atoms. The van der Waals surface area contributed by atoms with Gasteiger partial charge in [-0.05, 0) is 36.8 Å². The van der Waals surface area contributed by atoms with Crippen LogP contribution in [0.25, 0.3) is 17.1 Å². The van der Waals surface area contributed by atoms with Crippen molar-refractivity contribution in [1.29, 1.82) is 0 Å². The van der Waals surface area contributed by atoms with Gasteiger partial charge in [-0.25, -0.2) is 4.98 Å². The molecule has 0 fully saturated rings. The number of aryl methyl sites for hydroxylation is 1. The molecule has 1 amide bonds. The number of nitrogens with one attached hydrogen (secondary N) is 2. The molecule has 3 aromatic heterocycles. The lowest BCUT2D eigenvalue weighted by molar-refractivity contribution is 0.102. The molecule has 4 rings (SSSR count). The first-order valence-corrected chi connectivity index (χ1v) is 7.06. The SMILES string of the molecule is Cc1ccc(-c2n[nH]o2)cc1NC(=O)c1cnc2ccccn12. The number of aromatic nitrogens is 4. The molecule has 1 aromatic carbocycles. The highest BCUT2D eigenvalue weighted by molar-refractivity contribution is 6.04. The molecule has 3 heterocycles. The van der Waals surface area contributed by atoms with Crippen LogP contribution < -0.4 is 5.32 Å². The number of aromatic amines is 1. The fraction of sp³-hybridized carbons (Fsp3) is 0.0625. The zero-order valence-electron chi connectivity index (χ0n) is 12.3. The molecule has 0 radical (unpaired) electrons. The smallest absolute Gasteiger partial charge is 0.274 e. The topological polar surface area (TPSA) is 88.2 Å². The molecule has 7 nitrogen and oxygen atoms in total. The van der Waals surface area contributed by atoms with E-state index < -0.39 is 0 Å². The van der Waals surface area contributed by atoms with Crippen molar-refractivity contribution >= 4 is 17.2 Å². The molecule has 0 bridgehead atoms. The third-order valence-electron chi connectivity index (χ3n) is 3.67. The summed E-state index contributed by atoms with van der Waals surface area (Å²) >= 11 is 0. The first-order chi connectivity index (χ1) is 11.2. The molecule has 0 atom stereocenters. The van der Waals surface area contributed by atoms with Gasteiger partial charge in [-0.1, -0.05) is 12.1 Å². The van der Waals surface area contributed by atoms with Gasteiger partial charge in [0.1, 0.15) is 11.3 Å². The molecule has 0 unspecified atom stereocenters. The normalized spacial score (nSPS) is 11.0. The Morgan fingerprint density at radius 2 is 2.17 bits per heavy atom. The lowest BCUT2D eigenvalue weighted by Crippen LogP contribution is -2.15. The second-order valence-corrected chi connectivity index (χ2v) is 5.17. The number of H-pyrrole nitrogens is 1. The van der Waals surface area contributed by atoms with Gasteiger partial charge in [0.15, 0.2) is 0 Å². The van der Waals surface area contributed by atoms with E-state index in [1.807, 2.05) is 49.5 Å². The van der Waals surface area contributed by atoms with Crippen LogP contribution in [0.4, 0.5) is 5.69 Å². The molecule has 7 heteroatoms. The van der Waals surface area contributed by atoms with Crippen LogP contribution in [-0.4, -0.2) is 25.7 Å². The quantitative estimate of drug-likeness (QED) is 0.609. The molecular formula is C16H13N5O2. The molecule has 0 spiro atoms. The maximum atomic E-state index is 12.6. The van der Waals surface area contributed by atoms with Crippen molar-refractivity contribution < 1.29 is 9.32 Å². The van der Waals surface area contributed by atoms with Crippen LogP contribution in [0.5, 0.6) is 0 Å². The van der Waals surface area contributed by atoms with Crippen molar-refractivity contribution in [2.45, 2.75) is 6.92 Å². The zero-order chi connectivity index (χ0) is 15.8. The monoisotopic (exact) mass is 307 g/mol. The van der Waals surface area contributed by atoms with Gasteiger partial charge in [0.2, 0.25) is 0 Å². The first kappa shape index (κ1) is 13.3. The molecule has 0 aliphatic rings. The maximum absolute atomic E-state index is 12.6. The number of nitrogens with zero attached hydrogens (tertiary/aromatic N) is 3. The lowest BCUT2D eigenvalue weighted by Gasteiger charge is -2.10. The maximum Gasteiger partial charge on any atom is 0.274 e. The number of carbonyl (C=O) groups excluding carboxylic acids is 1. The summed E-state index contributed by atoms with van der Waals surface area (Å²) < 4.78 is 6.77. The minimum atomic E-state index is -0.224. The third kappa shape index (κ3) is 2.28. The van der Waals surface area contributed by atoms with Crippen LogP contribution in [0.1, 0.15) is 16.1 Å². The number of anilines is 1. The summed E-state index contributed by atoms with van der Waals surface area (Å²) in [5.41, 5.74) is 3.65. The average Bonchev–Trinajstić information content (AvgIpc) is 2.93. The predicted octanol–water partition coefficient (Wildman–Crippen LogP) is 2.88. The second kappa shape index (κ2) is 5.13. The first-order valence-electron chi connectivity index (χ1n) is 7.06. The molecule has 0 aliphatic carbocycles. The van der Waals surface area contributed by atoms with Crippen molar-refractivity contribution in [1.82, 2.24) is 19.8 Å². The van der Waals surface area contributed by atoms with Gasteiger partial charge in [0.25, 0.3) is 11.8 Å². The van der Waals surface area contributed by atoms with Crippen LogP contribution in [0.15, 0.2) is 53.3 Å². The average molecular weight is 307 g/mol. The van der Waals surface area contributed by atoms with E-state index >= 15 is 0 Å². The van der Waals surface area contributed by atoms with Gasteiger partial charge >= 0.3 is 0 Å². The van der Waals surface area contributed by atoms with Crippen LogP contribution in [0.2, 0.25) is 0 Å². The summed E-state index contributed by atoms with van der Waals surface area (Å²) in [6, 6.07) is 11.2. The lowest BCUT2D eigenvalue weighted by atomic mass is 10.1. The van der Waals surface area contributed by atoms with Gasteiger partial charge in [-0.15, -0.1) is 10.4 Å². The number of carbonyl (C=O) groups is 1. The molecule has 4 aromatic rings. The van der Waals surface area contributed by atoms with Crippen LogP contribution in [-0.2, 0) is 0 Å². The Labute approximate surface area is 130 Å². The van der Waals surface area contributed by atoms with E-state index in [1.165, 1.54) is 0 Å². The molecule has 0 saturated heterocycles. The molecule has 114 valence electrons. The number of pyridine rings is 1. The Kier molecular flexibility index (Phi) is 2.97. The summed E-state index contributed by atoms with van der Waals surface area (Å²) in [4.78, 5) is 16.8. The van der Waals surface area contributed by atoms with Crippen LogP contribution in [0, 0.1) is 6.92 Å². The van der Waals surface area contributed by atoms with Gasteiger partial charge in [-0.3, -0.25) is 9.20 Å². The number of benzene rings is 1. The highest BCUT2D eigenvalue weighted by Crippen LogP contribution is 2.24. The molecule has 0 saturated carbocycles. The Balaban J connectivity index is 1.67. The Hall–Kier alpha value is -3.35. The van der Waals surface area contributed by atoms with Crippen LogP contribution in [0.3, 0.4) is 0 Å². The van der Waals surface area contributed by atoms with E-state index in [2.05, 4.69) is 20.7 Å². The number of imidazole rings is 1. The predicted molar refractivity (Wildman–Crippen MR) is 84.2 cm³/mol. The van der Waals surface area contributed by atoms with E-state index in [1.54, 1.807) is 10.6 Å². The fourth-order valence-electron chi connectivity index (χ4n) is 2.39. The third-order valence-corrected chi connectivity index (χ3v) is 3.67. The van der Waals surface area contributed by atoms with E-state index in [4.69, 9.17) is 4.52 Å². The minimum Gasteiger partial charge on any atom is -0.342 e. The molecule has 0 aliphatic heterocycles. The summed E-state index contributed by atoms with van der Waals surface area (Å²) in [6.07, 6.45) is 3.37. The summed E-state index contributed by atoms with van der Waals surface area (Å²) in [6.45, 7) is 1.93. The van der Waals surface area contributed by atoms with Crippen molar-refractivity contribution in [3.63, 3.8) is 0 Å². The summed E-state index contributed by atoms with van der Waals surface area (Å²) in [5, 5.41) is 9.18. The Bertz CT molecular complexity index is 986. The molecular weight excluding hydrogens is 294 g/mol. The van der Waals surface area contributed by atoms with E-state index in [-0.39, 0.29) is 5.91 Å². The highest BCUT2D eigenvalue weighted by atomic mass is 16.5. The minimum absolute atomic E-state index is 0.224. The van der Waals surface area contributed by atoms with Crippen molar-refractivity contribution in [2.75, 3.05) is 5.32 Å². The van der Waals surface area contributed by atoms with E-state index in [9.17, 15) is 4.79 Å². The standard InChI is InChI=1S/C16H13N5O2/c1-10-5-6-11(16-19-20-23-16)8-12(10)18-15(22)13-9-17-14-4-2-3-7-21(13)14/h2-9,20H,1H3,(H,18,22). The van der Waals surface area contributed by atoms with Gasteiger partial charge in [0, 0.05) is 17.4 Å². The van der Waals surface area contributed by atoms with E-state index in [0.717, 1.165) is 16.8 Å². The Morgan fingerprint density at radius 3 is 2.96 bits per heavy atom. The van der Waals surface area contributed by atoms with Crippen molar-refractivity contribution in [3.05, 3.63) is 60.0 Å². The molecule has 2 N–H and O–H groups in total. The number of amides is 1. The van der Waals surface area contributed by atoms with Gasteiger partial charge in [0.05, 0.1) is 6.20 Å².